The van der Waals surface area contributed by atoms with Crippen LogP contribution in [0.3, 0.4) is 0 Å². The van der Waals surface area contributed by atoms with E-state index in [1.54, 1.807) is 7.11 Å². The van der Waals surface area contributed by atoms with E-state index >= 15 is 0 Å². The zero-order valence-electron chi connectivity index (χ0n) is 10.1. The highest BCUT2D eigenvalue weighted by Gasteiger charge is 2.04. The summed E-state index contributed by atoms with van der Waals surface area (Å²) in [6.07, 6.45) is 3.23. The zero-order valence-corrected chi connectivity index (χ0v) is 10.1. The van der Waals surface area contributed by atoms with Crippen molar-refractivity contribution in [3.05, 3.63) is 18.1 Å². The Labute approximate surface area is 105 Å². The lowest BCUT2D eigenvalue weighted by atomic mass is 10.3. The largest absolute Gasteiger partial charge is 0.383 e. The maximum atomic E-state index is 11.4. The number of hydrogen-bond donors (Lipinski definition) is 2. The zero-order chi connectivity index (χ0) is 13.2. The molecule has 0 fully saturated rings. The standard InChI is InChI=1S/C11H15N5O2/c1-18-7-6-14-10(17)2-3-15-11-9(8-12)13-4-5-16-11/h4-5H,2-3,6-7H2,1H3,(H,14,17)(H,15,16). The van der Waals surface area contributed by atoms with Gasteiger partial charge in [0.1, 0.15) is 6.07 Å². The molecule has 0 aromatic carbocycles. The number of hydrogen-bond acceptors (Lipinski definition) is 6. The number of aromatic nitrogens is 2. The third kappa shape index (κ3) is 4.76. The Kier molecular flexibility index (Phi) is 6.14. The molecule has 7 heteroatoms. The van der Waals surface area contributed by atoms with Gasteiger partial charge in [0.05, 0.1) is 6.61 Å². The van der Waals surface area contributed by atoms with Crippen LogP contribution in [0, 0.1) is 11.3 Å². The molecule has 0 aliphatic rings. The Morgan fingerprint density at radius 2 is 2.22 bits per heavy atom. The minimum Gasteiger partial charge on any atom is -0.383 e. The van der Waals surface area contributed by atoms with Gasteiger partial charge in [-0.3, -0.25) is 4.79 Å². The molecule has 1 aromatic rings. The van der Waals surface area contributed by atoms with Crippen molar-refractivity contribution in [1.82, 2.24) is 15.3 Å². The van der Waals surface area contributed by atoms with Gasteiger partial charge in [-0.1, -0.05) is 0 Å². The van der Waals surface area contributed by atoms with Crippen LogP contribution >= 0.6 is 0 Å². The first-order chi connectivity index (χ1) is 8.77. The molecule has 0 aliphatic heterocycles. The van der Waals surface area contributed by atoms with Crippen molar-refractivity contribution in [2.75, 3.05) is 32.1 Å². The normalized spacial score (nSPS) is 9.56. The van der Waals surface area contributed by atoms with Gasteiger partial charge in [0.2, 0.25) is 5.91 Å². The SMILES string of the molecule is COCCNC(=O)CCNc1nccnc1C#N. The summed E-state index contributed by atoms with van der Waals surface area (Å²) in [5, 5.41) is 14.4. The molecular weight excluding hydrogens is 234 g/mol. The lowest BCUT2D eigenvalue weighted by molar-refractivity contribution is -0.121. The molecule has 0 saturated carbocycles. The lowest BCUT2D eigenvalue weighted by Crippen LogP contribution is -2.28. The Morgan fingerprint density at radius 1 is 1.44 bits per heavy atom. The highest BCUT2D eigenvalue weighted by atomic mass is 16.5. The number of carbonyl (C=O) groups excluding carboxylic acids is 1. The van der Waals surface area contributed by atoms with Gasteiger partial charge in [0.15, 0.2) is 11.5 Å². The molecule has 0 aliphatic carbocycles. The van der Waals surface area contributed by atoms with Crippen molar-refractivity contribution in [2.24, 2.45) is 0 Å². The number of methoxy groups -OCH3 is 1. The van der Waals surface area contributed by atoms with Crippen LogP contribution in [0.25, 0.3) is 0 Å². The van der Waals surface area contributed by atoms with E-state index in [0.29, 0.717) is 31.9 Å². The van der Waals surface area contributed by atoms with E-state index in [0.717, 1.165) is 0 Å². The van der Waals surface area contributed by atoms with Crippen LogP contribution in [-0.2, 0) is 9.53 Å². The minimum absolute atomic E-state index is 0.0815. The van der Waals surface area contributed by atoms with Crippen molar-refractivity contribution >= 4 is 11.7 Å². The predicted octanol–water partition coefficient (Wildman–Crippen LogP) is -0.0871. The van der Waals surface area contributed by atoms with Gasteiger partial charge >= 0.3 is 0 Å². The summed E-state index contributed by atoms with van der Waals surface area (Å²) in [7, 11) is 1.57. The Balaban J connectivity index is 2.29. The highest BCUT2D eigenvalue weighted by Crippen LogP contribution is 2.05. The van der Waals surface area contributed by atoms with Crippen molar-refractivity contribution in [1.29, 1.82) is 5.26 Å². The number of nitriles is 1. The fourth-order valence-electron chi connectivity index (χ4n) is 1.22. The summed E-state index contributed by atoms with van der Waals surface area (Å²) in [4.78, 5) is 19.2. The summed E-state index contributed by atoms with van der Waals surface area (Å²) in [6.45, 7) is 1.37. The second-order valence-corrected chi connectivity index (χ2v) is 3.38. The van der Waals surface area contributed by atoms with E-state index in [1.807, 2.05) is 6.07 Å². The van der Waals surface area contributed by atoms with Crippen LogP contribution in [0.1, 0.15) is 12.1 Å². The molecule has 0 spiro atoms. The molecule has 0 atom stereocenters. The molecule has 0 unspecified atom stereocenters. The van der Waals surface area contributed by atoms with E-state index in [1.165, 1.54) is 12.4 Å². The first-order valence-corrected chi connectivity index (χ1v) is 5.48. The van der Waals surface area contributed by atoms with Gasteiger partial charge in [-0.05, 0) is 0 Å². The summed E-state index contributed by atoms with van der Waals surface area (Å²) in [6, 6.07) is 1.92. The Hall–Kier alpha value is -2.20. The average Bonchev–Trinajstić information content (AvgIpc) is 2.39. The smallest absolute Gasteiger partial charge is 0.221 e. The third-order valence-corrected chi connectivity index (χ3v) is 2.08. The quantitative estimate of drug-likeness (QED) is 0.655. The predicted molar refractivity (Wildman–Crippen MR) is 64.7 cm³/mol. The van der Waals surface area contributed by atoms with Crippen LogP contribution in [0.5, 0.6) is 0 Å². The van der Waals surface area contributed by atoms with Crippen LogP contribution in [0.4, 0.5) is 5.82 Å². The van der Waals surface area contributed by atoms with Gasteiger partial charge in [-0.25, -0.2) is 9.97 Å². The Morgan fingerprint density at radius 3 is 2.94 bits per heavy atom. The molecule has 7 nitrogen and oxygen atoms in total. The number of ether oxygens (including phenoxy) is 1. The summed E-state index contributed by atoms with van der Waals surface area (Å²) < 4.78 is 4.81. The fraction of sp³-hybridized carbons (Fsp3) is 0.455. The van der Waals surface area contributed by atoms with E-state index in [-0.39, 0.29) is 11.6 Å². The van der Waals surface area contributed by atoms with E-state index in [4.69, 9.17) is 10.00 Å². The van der Waals surface area contributed by atoms with Gasteiger partial charge in [-0.2, -0.15) is 5.26 Å². The van der Waals surface area contributed by atoms with Crippen molar-refractivity contribution < 1.29 is 9.53 Å². The fourth-order valence-corrected chi connectivity index (χ4v) is 1.22. The molecule has 2 N–H and O–H groups in total. The second-order valence-electron chi connectivity index (χ2n) is 3.38. The second kappa shape index (κ2) is 7.97. The molecule has 1 rings (SSSR count). The Bertz CT molecular complexity index is 430. The lowest BCUT2D eigenvalue weighted by Gasteiger charge is -2.06. The minimum atomic E-state index is -0.0815. The van der Waals surface area contributed by atoms with Crippen molar-refractivity contribution in [2.45, 2.75) is 6.42 Å². The number of rotatable bonds is 7. The number of amides is 1. The van der Waals surface area contributed by atoms with Crippen LogP contribution in [-0.4, -0.2) is 42.7 Å². The number of nitrogens with zero attached hydrogens (tertiary/aromatic N) is 3. The molecule has 0 saturated heterocycles. The maximum absolute atomic E-state index is 11.4. The van der Waals surface area contributed by atoms with Crippen LogP contribution < -0.4 is 10.6 Å². The number of anilines is 1. The molecule has 1 amide bonds. The van der Waals surface area contributed by atoms with Gasteiger partial charge in [-0.15, -0.1) is 0 Å². The number of nitrogens with one attached hydrogen (secondary N) is 2. The van der Waals surface area contributed by atoms with Gasteiger partial charge < -0.3 is 15.4 Å². The first-order valence-electron chi connectivity index (χ1n) is 5.48. The molecule has 0 bridgehead atoms. The molecule has 1 heterocycles. The first kappa shape index (κ1) is 13.9. The monoisotopic (exact) mass is 249 g/mol. The molecule has 0 radical (unpaired) electrons. The number of carbonyl (C=O) groups is 1. The van der Waals surface area contributed by atoms with Crippen molar-refractivity contribution in [3.8, 4) is 6.07 Å². The molecular formula is C11H15N5O2. The molecule has 1 aromatic heterocycles. The van der Waals surface area contributed by atoms with E-state index in [2.05, 4.69) is 20.6 Å². The van der Waals surface area contributed by atoms with Gasteiger partial charge in [0, 0.05) is 39.0 Å². The summed E-state index contributed by atoms with van der Waals surface area (Å²) in [5.41, 5.74) is 0.220. The van der Waals surface area contributed by atoms with Crippen LogP contribution in [0.15, 0.2) is 12.4 Å². The molecule has 18 heavy (non-hydrogen) atoms. The average molecular weight is 249 g/mol. The summed E-state index contributed by atoms with van der Waals surface area (Å²) in [5.74, 6) is 0.312. The van der Waals surface area contributed by atoms with Crippen molar-refractivity contribution in [3.63, 3.8) is 0 Å². The topological polar surface area (TPSA) is 99.9 Å². The van der Waals surface area contributed by atoms with Crippen LogP contribution in [0.2, 0.25) is 0 Å². The van der Waals surface area contributed by atoms with E-state index in [9.17, 15) is 4.79 Å². The third-order valence-electron chi connectivity index (χ3n) is 2.08. The van der Waals surface area contributed by atoms with E-state index < -0.39 is 0 Å². The molecule has 96 valence electrons. The van der Waals surface area contributed by atoms with Gasteiger partial charge in [0.25, 0.3) is 0 Å². The maximum Gasteiger partial charge on any atom is 0.221 e. The highest BCUT2D eigenvalue weighted by molar-refractivity contribution is 5.76. The summed E-state index contributed by atoms with van der Waals surface area (Å²) >= 11 is 0.